The molecule has 2 aromatic carbocycles. The van der Waals surface area contributed by atoms with Crippen LogP contribution in [-0.2, 0) is 11.2 Å². The normalized spacial score (nSPS) is 14.9. The standard InChI is InChI=1S/C29H27N7O3/c1-16-11-19-12-17(3-5-23(19)33-16)22-15-32-26-25(22)28(39-21-7-9-38-10-8-21)36-29(35-26)34-24-6-4-18(27(37)31-2)13-20(24)14-30/h3-6,12-13,15,21H,7-11H2,1-2H3,(H,31,37)(H2,32,34,35,36). The Labute approximate surface area is 225 Å². The lowest BCUT2D eigenvalue weighted by atomic mass is 10.0. The van der Waals surface area contributed by atoms with Crippen LogP contribution in [-0.4, -0.2) is 52.9 Å². The van der Waals surface area contributed by atoms with E-state index in [-0.39, 0.29) is 18.0 Å². The van der Waals surface area contributed by atoms with E-state index in [0.29, 0.717) is 41.6 Å². The number of carbonyl (C=O) groups excluding carboxylic acids is 1. The van der Waals surface area contributed by atoms with Crippen molar-refractivity contribution in [3.63, 3.8) is 0 Å². The molecule has 1 fully saturated rings. The number of benzene rings is 2. The summed E-state index contributed by atoms with van der Waals surface area (Å²) in [5, 5.41) is 16.2. The summed E-state index contributed by atoms with van der Waals surface area (Å²) in [6, 6.07) is 13.3. The molecule has 10 heteroatoms. The summed E-state index contributed by atoms with van der Waals surface area (Å²) in [6.45, 7) is 3.31. The van der Waals surface area contributed by atoms with Gasteiger partial charge < -0.3 is 25.1 Å². The molecule has 196 valence electrons. The van der Waals surface area contributed by atoms with E-state index < -0.39 is 0 Å². The number of amides is 1. The molecule has 6 rings (SSSR count). The van der Waals surface area contributed by atoms with Gasteiger partial charge in [0.15, 0.2) is 0 Å². The van der Waals surface area contributed by atoms with E-state index in [0.717, 1.165) is 47.2 Å². The van der Waals surface area contributed by atoms with Crippen LogP contribution in [0.3, 0.4) is 0 Å². The number of anilines is 2. The molecule has 0 bridgehead atoms. The molecule has 0 spiro atoms. The van der Waals surface area contributed by atoms with Gasteiger partial charge in [-0.15, -0.1) is 0 Å². The number of fused-ring (bicyclic) bond motifs is 2. The van der Waals surface area contributed by atoms with Crippen LogP contribution < -0.4 is 15.4 Å². The summed E-state index contributed by atoms with van der Waals surface area (Å²) in [5.74, 6) is 0.467. The molecular formula is C29H27N7O3. The van der Waals surface area contributed by atoms with Crippen LogP contribution in [0.5, 0.6) is 5.88 Å². The van der Waals surface area contributed by atoms with Gasteiger partial charge in [0, 0.05) is 49.3 Å². The van der Waals surface area contributed by atoms with Gasteiger partial charge in [0.1, 0.15) is 17.8 Å². The first-order valence-corrected chi connectivity index (χ1v) is 12.9. The second-order valence-electron chi connectivity index (χ2n) is 9.65. The maximum atomic E-state index is 12.0. The van der Waals surface area contributed by atoms with E-state index in [1.165, 1.54) is 11.6 Å². The van der Waals surface area contributed by atoms with Crippen LogP contribution in [0.15, 0.2) is 47.6 Å². The van der Waals surface area contributed by atoms with Crippen LogP contribution in [0.1, 0.15) is 41.3 Å². The first-order chi connectivity index (χ1) is 19.0. The van der Waals surface area contributed by atoms with Crippen LogP contribution in [0.25, 0.3) is 22.2 Å². The van der Waals surface area contributed by atoms with Gasteiger partial charge in [0.25, 0.3) is 5.91 Å². The number of aromatic amines is 1. The summed E-state index contributed by atoms with van der Waals surface area (Å²) in [5.41, 5.74) is 7.06. The van der Waals surface area contributed by atoms with Gasteiger partial charge in [-0.3, -0.25) is 9.79 Å². The zero-order valence-corrected chi connectivity index (χ0v) is 21.7. The monoisotopic (exact) mass is 521 g/mol. The van der Waals surface area contributed by atoms with Crippen molar-refractivity contribution in [2.75, 3.05) is 25.6 Å². The van der Waals surface area contributed by atoms with Crippen molar-refractivity contribution in [2.45, 2.75) is 32.3 Å². The Kier molecular flexibility index (Phi) is 6.42. The highest BCUT2D eigenvalue weighted by Crippen LogP contribution is 2.38. The summed E-state index contributed by atoms with van der Waals surface area (Å²) in [4.78, 5) is 29.4. The van der Waals surface area contributed by atoms with Crippen molar-refractivity contribution in [3.8, 4) is 23.1 Å². The Hall–Kier alpha value is -4.75. The Balaban J connectivity index is 1.41. The number of hydrogen-bond donors (Lipinski definition) is 3. The minimum Gasteiger partial charge on any atom is -0.474 e. The van der Waals surface area contributed by atoms with Crippen LogP contribution >= 0.6 is 0 Å². The maximum Gasteiger partial charge on any atom is 0.251 e. The lowest BCUT2D eigenvalue weighted by molar-refractivity contribution is 0.0244. The highest BCUT2D eigenvalue weighted by molar-refractivity contribution is 5.99. The largest absolute Gasteiger partial charge is 0.474 e. The maximum absolute atomic E-state index is 12.0. The Bertz CT molecular complexity index is 1660. The molecule has 10 nitrogen and oxygen atoms in total. The molecule has 0 saturated carbocycles. The highest BCUT2D eigenvalue weighted by atomic mass is 16.5. The van der Waals surface area contributed by atoms with Gasteiger partial charge in [-0.05, 0) is 48.4 Å². The number of aromatic nitrogens is 3. The molecule has 1 amide bonds. The van der Waals surface area contributed by atoms with Crippen LogP contribution in [0.4, 0.5) is 17.3 Å². The first-order valence-electron chi connectivity index (χ1n) is 12.9. The minimum atomic E-state index is -0.268. The molecule has 1 saturated heterocycles. The molecule has 0 aliphatic carbocycles. The lowest BCUT2D eigenvalue weighted by Crippen LogP contribution is -2.26. The van der Waals surface area contributed by atoms with E-state index in [1.807, 2.05) is 19.2 Å². The lowest BCUT2D eigenvalue weighted by Gasteiger charge is -2.23. The molecule has 2 aliphatic rings. The van der Waals surface area contributed by atoms with E-state index in [4.69, 9.17) is 19.4 Å². The third-order valence-electron chi connectivity index (χ3n) is 6.97. The van der Waals surface area contributed by atoms with Crippen molar-refractivity contribution in [3.05, 3.63) is 59.3 Å². The Morgan fingerprint density at radius 2 is 2.03 bits per heavy atom. The van der Waals surface area contributed by atoms with Crippen LogP contribution in [0.2, 0.25) is 0 Å². The number of ether oxygens (including phenoxy) is 2. The molecule has 0 unspecified atom stereocenters. The SMILES string of the molecule is CNC(=O)c1ccc(Nc2nc(OC3CCOCC3)c3c(-c4ccc5c(c4)CC(C)=N5)c[nH]c3n2)c(C#N)c1. The Morgan fingerprint density at radius 3 is 2.82 bits per heavy atom. The molecule has 4 heterocycles. The second-order valence-corrected chi connectivity index (χ2v) is 9.65. The average molecular weight is 522 g/mol. The molecule has 0 atom stereocenters. The van der Waals surface area contributed by atoms with Gasteiger partial charge in [0.05, 0.1) is 35.5 Å². The second kappa shape index (κ2) is 10.2. The number of aliphatic imine (C=N–C) groups is 1. The number of H-pyrrole nitrogens is 1. The zero-order valence-electron chi connectivity index (χ0n) is 21.7. The zero-order chi connectivity index (χ0) is 26.9. The van der Waals surface area contributed by atoms with Gasteiger partial charge in [-0.1, -0.05) is 6.07 Å². The van der Waals surface area contributed by atoms with E-state index in [1.54, 1.807) is 19.2 Å². The molecule has 2 aliphatic heterocycles. The molecule has 39 heavy (non-hydrogen) atoms. The number of rotatable bonds is 6. The predicted molar refractivity (Wildman–Crippen MR) is 148 cm³/mol. The molecule has 4 aromatic rings. The fourth-order valence-corrected chi connectivity index (χ4v) is 5.00. The Morgan fingerprint density at radius 1 is 1.18 bits per heavy atom. The topological polar surface area (TPSA) is 137 Å². The van der Waals surface area contributed by atoms with Crippen molar-refractivity contribution in [1.29, 1.82) is 5.26 Å². The van der Waals surface area contributed by atoms with Gasteiger partial charge in [-0.2, -0.15) is 15.2 Å². The van der Waals surface area contributed by atoms with Gasteiger partial charge in [-0.25, -0.2) is 0 Å². The summed E-state index contributed by atoms with van der Waals surface area (Å²) in [6.07, 6.45) is 4.25. The quantitative estimate of drug-likeness (QED) is 0.331. The van der Waals surface area contributed by atoms with E-state index >= 15 is 0 Å². The van der Waals surface area contributed by atoms with E-state index in [2.05, 4.69) is 38.8 Å². The van der Waals surface area contributed by atoms with Crippen LogP contribution in [0, 0.1) is 11.3 Å². The number of nitriles is 1. The fraction of sp³-hybridized carbons (Fsp3) is 0.276. The van der Waals surface area contributed by atoms with Crippen molar-refractivity contribution >= 4 is 40.0 Å². The third-order valence-corrected chi connectivity index (χ3v) is 6.97. The summed E-state index contributed by atoms with van der Waals surface area (Å²) in [7, 11) is 1.55. The minimum absolute atomic E-state index is 0.0370. The average Bonchev–Trinajstić information content (AvgIpc) is 3.55. The first kappa shape index (κ1) is 24.6. The summed E-state index contributed by atoms with van der Waals surface area (Å²) >= 11 is 0. The number of nitrogens with zero attached hydrogens (tertiary/aromatic N) is 4. The predicted octanol–water partition coefficient (Wildman–Crippen LogP) is 4.81. The van der Waals surface area contributed by atoms with Crippen molar-refractivity contribution < 1.29 is 14.3 Å². The van der Waals surface area contributed by atoms with Gasteiger partial charge in [0.2, 0.25) is 11.8 Å². The smallest absolute Gasteiger partial charge is 0.251 e. The number of nitrogens with one attached hydrogen (secondary N) is 3. The molecule has 0 radical (unpaired) electrons. The molecular weight excluding hydrogens is 494 g/mol. The molecule has 3 N–H and O–H groups in total. The van der Waals surface area contributed by atoms with Crippen molar-refractivity contribution in [1.82, 2.24) is 20.3 Å². The molecule has 2 aromatic heterocycles. The third kappa shape index (κ3) is 4.80. The van der Waals surface area contributed by atoms with Gasteiger partial charge >= 0.3 is 0 Å². The van der Waals surface area contributed by atoms with E-state index in [9.17, 15) is 10.1 Å². The summed E-state index contributed by atoms with van der Waals surface area (Å²) < 4.78 is 12.0. The number of hydrogen-bond acceptors (Lipinski definition) is 8. The number of carbonyl (C=O) groups is 1. The van der Waals surface area contributed by atoms with Crippen molar-refractivity contribution in [2.24, 2.45) is 4.99 Å². The fourth-order valence-electron chi connectivity index (χ4n) is 5.00. The highest BCUT2D eigenvalue weighted by Gasteiger charge is 2.23.